The summed E-state index contributed by atoms with van der Waals surface area (Å²) in [5.41, 5.74) is 0. The summed E-state index contributed by atoms with van der Waals surface area (Å²) in [6, 6.07) is 0. The Kier molecular flexibility index (Phi) is 46.4. The molecule has 1 fully saturated rings. The second-order valence-electron chi connectivity index (χ2n) is 20.6. The molecule has 12 heteroatoms. The summed E-state index contributed by atoms with van der Waals surface area (Å²) in [5.74, 6) is -3.12. The Hall–Kier alpha value is -3.06. The number of allylic oxidation sites excluding steroid dienone is 6. The molecule has 0 aromatic rings. The van der Waals surface area contributed by atoms with Crippen molar-refractivity contribution in [1.29, 1.82) is 0 Å². The zero-order chi connectivity index (χ0) is 53.3. The fourth-order valence-corrected chi connectivity index (χ4v) is 9.04. The number of carboxylic acids is 1. The van der Waals surface area contributed by atoms with Gasteiger partial charge in [0.15, 0.2) is 24.6 Å². The highest BCUT2D eigenvalue weighted by Crippen LogP contribution is 2.26. The Bertz CT molecular complexity index is 1410. The first-order chi connectivity index (χ1) is 35.6. The Morgan fingerprint density at radius 3 is 1.27 bits per heavy atom. The molecule has 0 aromatic carbocycles. The molecule has 1 saturated heterocycles. The van der Waals surface area contributed by atoms with Gasteiger partial charge in [-0.1, -0.05) is 218 Å². The molecule has 1 heterocycles. The van der Waals surface area contributed by atoms with Gasteiger partial charge in [-0.2, -0.15) is 0 Å². The maximum Gasteiger partial charge on any atom is 0.335 e. The highest BCUT2D eigenvalue weighted by atomic mass is 16.7. The van der Waals surface area contributed by atoms with Crippen LogP contribution in [0.1, 0.15) is 278 Å². The minimum absolute atomic E-state index is 0.0625. The molecule has 0 bridgehead atoms. The molecule has 1 rings (SSSR count). The van der Waals surface area contributed by atoms with E-state index in [1.165, 1.54) is 122 Å². The summed E-state index contributed by atoms with van der Waals surface area (Å²) in [4.78, 5) is 51.1. The first kappa shape index (κ1) is 68.0. The van der Waals surface area contributed by atoms with Crippen LogP contribution in [0.3, 0.4) is 0 Å². The van der Waals surface area contributed by atoms with Gasteiger partial charge in [-0.25, -0.2) is 4.79 Å². The third-order valence-corrected chi connectivity index (χ3v) is 13.7. The number of esters is 3. The molecule has 3 N–H and O–H groups in total. The number of aliphatic hydroxyl groups is 2. The molecule has 73 heavy (non-hydrogen) atoms. The molecule has 0 aliphatic carbocycles. The van der Waals surface area contributed by atoms with E-state index in [9.17, 15) is 34.5 Å². The van der Waals surface area contributed by atoms with Gasteiger partial charge in [0.1, 0.15) is 18.8 Å². The highest BCUT2D eigenvalue weighted by Gasteiger charge is 2.50. The molecule has 0 amide bonds. The van der Waals surface area contributed by atoms with Crippen molar-refractivity contribution in [2.45, 2.75) is 314 Å². The molecule has 1 aliphatic rings. The molecule has 0 radical (unpaired) electrons. The Morgan fingerprint density at radius 2 is 0.822 bits per heavy atom. The monoisotopic (exact) mass is 1030 g/mol. The highest BCUT2D eigenvalue weighted by molar-refractivity contribution is 5.74. The van der Waals surface area contributed by atoms with Crippen LogP contribution in [-0.2, 0) is 42.9 Å². The van der Waals surface area contributed by atoms with Crippen LogP contribution >= 0.6 is 0 Å². The fraction of sp³-hybridized carbons (Fsp3) is 0.836. The van der Waals surface area contributed by atoms with Crippen LogP contribution in [0.4, 0.5) is 0 Å². The van der Waals surface area contributed by atoms with Gasteiger partial charge in [-0.3, -0.25) is 14.4 Å². The Balaban J connectivity index is 2.68. The third-order valence-electron chi connectivity index (χ3n) is 13.7. The van der Waals surface area contributed by atoms with Crippen molar-refractivity contribution in [3.8, 4) is 0 Å². The second kappa shape index (κ2) is 49.8. The van der Waals surface area contributed by atoms with E-state index in [4.69, 9.17) is 23.7 Å². The minimum atomic E-state index is -1.90. The lowest BCUT2D eigenvalue weighted by atomic mass is 9.98. The van der Waals surface area contributed by atoms with Crippen molar-refractivity contribution >= 4 is 23.9 Å². The topological polar surface area (TPSA) is 175 Å². The van der Waals surface area contributed by atoms with Gasteiger partial charge in [-0.15, -0.1) is 0 Å². The molecule has 0 saturated carbocycles. The van der Waals surface area contributed by atoms with Gasteiger partial charge in [0.2, 0.25) is 0 Å². The number of hydrogen-bond acceptors (Lipinski definition) is 11. The number of aliphatic hydroxyl groups excluding tert-OH is 2. The van der Waals surface area contributed by atoms with Gasteiger partial charge >= 0.3 is 23.9 Å². The van der Waals surface area contributed by atoms with Gasteiger partial charge in [-0.05, 0) is 77.0 Å². The Labute approximate surface area is 444 Å². The van der Waals surface area contributed by atoms with E-state index in [0.29, 0.717) is 19.3 Å². The number of hydrogen-bond donors (Lipinski definition) is 3. The fourth-order valence-electron chi connectivity index (χ4n) is 9.04. The summed E-state index contributed by atoms with van der Waals surface area (Å²) >= 11 is 0. The molecule has 0 aromatic heterocycles. The van der Waals surface area contributed by atoms with Crippen molar-refractivity contribution in [3.05, 3.63) is 36.5 Å². The smallest absolute Gasteiger partial charge is 0.335 e. The van der Waals surface area contributed by atoms with Crippen molar-refractivity contribution in [3.63, 3.8) is 0 Å². The van der Waals surface area contributed by atoms with E-state index in [0.717, 1.165) is 96.3 Å². The summed E-state index contributed by atoms with van der Waals surface area (Å²) in [6.45, 7) is 5.95. The predicted molar refractivity (Wildman–Crippen MR) is 294 cm³/mol. The zero-order valence-electron chi connectivity index (χ0n) is 46.6. The molecule has 6 atom stereocenters. The van der Waals surface area contributed by atoms with Gasteiger partial charge in [0.25, 0.3) is 0 Å². The number of aliphatic carboxylic acids is 1. The second-order valence-corrected chi connectivity index (χ2v) is 20.6. The van der Waals surface area contributed by atoms with Crippen LogP contribution < -0.4 is 0 Å². The summed E-state index contributed by atoms with van der Waals surface area (Å²) in [6.07, 6.45) is 45.4. The first-order valence-corrected chi connectivity index (χ1v) is 30.0. The molecule has 6 unspecified atom stereocenters. The standard InChI is InChI=1S/C61H108O12/c1-4-7-10-13-16-19-22-24-26-27-29-30-33-35-38-41-44-47-53(62)69-50-52(71-54(63)48-45-42-39-37-34-31-28-25-23-20-17-14-11-8-5-2)51-70-61-59(57(66)56(65)58(73-61)60(67)68)72-55(64)49-46-43-40-36-32-21-18-15-12-9-6-3/h17,20,24-26,28,52,56-59,61,65-66H,4-16,18-19,21-23,27,29-51H2,1-3H3,(H,67,68)/b20-17-,26-24-,28-25-. The molecule has 424 valence electrons. The maximum atomic E-state index is 13.1. The number of unbranched alkanes of at least 4 members (excludes halogenated alkanes) is 31. The summed E-state index contributed by atoms with van der Waals surface area (Å²) in [7, 11) is 0. The van der Waals surface area contributed by atoms with E-state index in [1.807, 2.05) is 0 Å². The van der Waals surface area contributed by atoms with E-state index in [2.05, 4.69) is 57.2 Å². The average molecular weight is 1030 g/mol. The van der Waals surface area contributed by atoms with Gasteiger partial charge < -0.3 is 39.0 Å². The van der Waals surface area contributed by atoms with Crippen molar-refractivity contribution in [1.82, 2.24) is 0 Å². The number of carboxylic acid groups (broad SMARTS) is 1. The lowest BCUT2D eigenvalue weighted by molar-refractivity contribution is -0.301. The van der Waals surface area contributed by atoms with Crippen LogP contribution in [0.25, 0.3) is 0 Å². The summed E-state index contributed by atoms with van der Waals surface area (Å²) in [5, 5.41) is 31.4. The zero-order valence-corrected chi connectivity index (χ0v) is 46.6. The molecule has 0 spiro atoms. The number of carbonyl (C=O) groups is 4. The minimum Gasteiger partial charge on any atom is -0.479 e. The van der Waals surface area contributed by atoms with Crippen LogP contribution in [0.15, 0.2) is 36.5 Å². The lowest BCUT2D eigenvalue weighted by Crippen LogP contribution is -2.61. The van der Waals surface area contributed by atoms with E-state index >= 15 is 0 Å². The largest absolute Gasteiger partial charge is 0.479 e. The first-order valence-electron chi connectivity index (χ1n) is 30.0. The van der Waals surface area contributed by atoms with Crippen molar-refractivity contribution in [2.24, 2.45) is 0 Å². The van der Waals surface area contributed by atoms with Gasteiger partial charge in [0.05, 0.1) is 6.61 Å². The molecular formula is C61H108O12. The van der Waals surface area contributed by atoms with E-state index in [1.54, 1.807) is 0 Å². The molecule has 12 nitrogen and oxygen atoms in total. The van der Waals surface area contributed by atoms with Gasteiger partial charge in [0, 0.05) is 19.3 Å². The number of rotatable bonds is 51. The lowest BCUT2D eigenvalue weighted by Gasteiger charge is -2.40. The number of ether oxygens (including phenoxy) is 5. The SMILES string of the molecule is CCCCC/C=C\C/C=C\CCCCCCCC(=O)OC(COC(=O)CCCCCCCCC/C=C\CCCCCCCC)COC1OC(C(=O)O)C(O)C(O)C1OC(=O)CCCCCCCCCCCCC. The van der Waals surface area contributed by atoms with E-state index in [-0.39, 0.29) is 25.9 Å². The van der Waals surface area contributed by atoms with Crippen LogP contribution in [0, 0.1) is 0 Å². The van der Waals surface area contributed by atoms with Crippen LogP contribution in [0.2, 0.25) is 0 Å². The molecule has 1 aliphatic heterocycles. The van der Waals surface area contributed by atoms with Crippen molar-refractivity contribution < 1.29 is 58.2 Å². The van der Waals surface area contributed by atoms with E-state index < -0.39 is 67.3 Å². The predicted octanol–water partition coefficient (Wildman–Crippen LogP) is 15.2. The Morgan fingerprint density at radius 1 is 0.452 bits per heavy atom. The average Bonchev–Trinajstić information content (AvgIpc) is 3.37. The van der Waals surface area contributed by atoms with Crippen LogP contribution in [0.5, 0.6) is 0 Å². The van der Waals surface area contributed by atoms with Crippen LogP contribution in [-0.4, -0.2) is 89.2 Å². The quantitative estimate of drug-likeness (QED) is 0.0228. The normalized spacial score (nSPS) is 18.5. The van der Waals surface area contributed by atoms with Crippen molar-refractivity contribution in [2.75, 3.05) is 13.2 Å². The number of carbonyl (C=O) groups excluding carboxylic acids is 3. The maximum absolute atomic E-state index is 13.1. The summed E-state index contributed by atoms with van der Waals surface area (Å²) < 4.78 is 28.4. The molecular weight excluding hydrogens is 925 g/mol. The third kappa shape index (κ3) is 39.9.